The molecular formula is C22H20FN5O4. The lowest BCUT2D eigenvalue weighted by Crippen LogP contribution is -2.24. The molecule has 3 aromatic rings. The normalized spacial score (nSPS) is 14.5. The van der Waals surface area contributed by atoms with E-state index in [2.05, 4.69) is 20.6 Å². The molecule has 6 bridgehead atoms. The summed E-state index contributed by atoms with van der Waals surface area (Å²) >= 11 is 0. The van der Waals surface area contributed by atoms with Gasteiger partial charge < -0.3 is 15.4 Å². The number of ether oxygens (including phenoxy) is 1. The summed E-state index contributed by atoms with van der Waals surface area (Å²) in [5.41, 5.74) is 1.45. The highest BCUT2D eigenvalue weighted by molar-refractivity contribution is 5.96. The molecule has 0 spiro atoms. The Balaban J connectivity index is 1.74. The molecule has 2 N–H and O–H groups in total. The van der Waals surface area contributed by atoms with Gasteiger partial charge in [-0.25, -0.2) is 14.4 Å². The van der Waals surface area contributed by atoms with Gasteiger partial charge in [-0.1, -0.05) is 0 Å². The third-order valence-corrected chi connectivity index (χ3v) is 4.95. The van der Waals surface area contributed by atoms with Gasteiger partial charge >= 0.3 is 0 Å². The molecule has 0 saturated heterocycles. The predicted octanol–water partition coefficient (Wildman–Crippen LogP) is 3.97. The molecule has 164 valence electrons. The summed E-state index contributed by atoms with van der Waals surface area (Å²) in [6, 6.07) is 10.3. The van der Waals surface area contributed by atoms with Crippen molar-refractivity contribution in [2.24, 2.45) is 0 Å². The third kappa shape index (κ3) is 4.86. The van der Waals surface area contributed by atoms with Gasteiger partial charge in [0.25, 0.3) is 11.6 Å². The molecule has 0 atom stereocenters. The van der Waals surface area contributed by atoms with Crippen LogP contribution < -0.4 is 10.6 Å². The number of nitro benzene ring substituents is 1. The van der Waals surface area contributed by atoms with Gasteiger partial charge in [0.15, 0.2) is 0 Å². The maximum absolute atomic E-state index is 14.1. The average Bonchev–Trinajstić information content (AvgIpc) is 2.79. The molecule has 2 aliphatic heterocycles. The molecule has 0 radical (unpaired) electrons. The van der Waals surface area contributed by atoms with Crippen molar-refractivity contribution in [2.45, 2.75) is 19.4 Å². The molecule has 10 heteroatoms. The summed E-state index contributed by atoms with van der Waals surface area (Å²) in [5, 5.41) is 17.4. The number of halogens is 1. The molecule has 9 nitrogen and oxygen atoms in total. The number of carbonyl (C=O) groups is 1. The van der Waals surface area contributed by atoms with Crippen molar-refractivity contribution >= 4 is 23.2 Å². The maximum atomic E-state index is 14.1. The minimum atomic E-state index is -0.548. The van der Waals surface area contributed by atoms with Gasteiger partial charge in [0.05, 0.1) is 22.8 Å². The van der Waals surface area contributed by atoms with Crippen LogP contribution >= 0.6 is 0 Å². The molecular weight excluding hydrogens is 417 g/mol. The quantitative estimate of drug-likeness (QED) is 0.437. The first-order valence-corrected chi connectivity index (χ1v) is 10.0. The number of nitrogens with zero attached hydrogens (tertiary/aromatic N) is 3. The van der Waals surface area contributed by atoms with Crippen LogP contribution in [-0.4, -0.2) is 34.0 Å². The SMILES string of the molecule is O=C1NCCCCOCc2cc(ccc2F)Nc2nccc(n2)-c2ccc1cc2[N+](=O)[O-]. The molecule has 32 heavy (non-hydrogen) atoms. The zero-order valence-electron chi connectivity index (χ0n) is 17.0. The number of rotatable bonds is 1. The maximum Gasteiger partial charge on any atom is 0.279 e. The number of fused-ring (bicyclic) bond motifs is 9. The van der Waals surface area contributed by atoms with Gasteiger partial charge in [-0.05, 0) is 49.2 Å². The van der Waals surface area contributed by atoms with Crippen LogP contribution in [0, 0.1) is 15.9 Å². The van der Waals surface area contributed by atoms with Gasteiger partial charge in [0, 0.05) is 42.2 Å². The molecule has 0 aliphatic carbocycles. The van der Waals surface area contributed by atoms with Crippen LogP contribution in [0.1, 0.15) is 28.8 Å². The Morgan fingerprint density at radius 2 is 2.00 bits per heavy atom. The number of carbonyl (C=O) groups excluding carboxylic acids is 1. The number of hydrogen-bond acceptors (Lipinski definition) is 7. The second kappa shape index (κ2) is 9.48. The van der Waals surface area contributed by atoms with Crippen LogP contribution in [0.4, 0.5) is 21.7 Å². The monoisotopic (exact) mass is 437 g/mol. The summed E-state index contributed by atoms with van der Waals surface area (Å²) in [4.78, 5) is 32.1. The zero-order valence-corrected chi connectivity index (χ0v) is 17.0. The van der Waals surface area contributed by atoms with Crippen LogP contribution in [0.15, 0.2) is 48.7 Å². The number of hydrogen-bond donors (Lipinski definition) is 2. The van der Waals surface area contributed by atoms with E-state index in [4.69, 9.17) is 4.74 Å². The topological polar surface area (TPSA) is 119 Å². The zero-order chi connectivity index (χ0) is 22.5. The van der Waals surface area contributed by atoms with E-state index >= 15 is 0 Å². The minimum Gasteiger partial charge on any atom is -0.377 e. The average molecular weight is 437 g/mol. The van der Waals surface area contributed by atoms with Crippen molar-refractivity contribution < 1.29 is 18.8 Å². The second-order valence-corrected chi connectivity index (χ2v) is 7.20. The first kappa shape index (κ1) is 21.3. The van der Waals surface area contributed by atoms with Crippen LogP contribution in [0.2, 0.25) is 0 Å². The Morgan fingerprint density at radius 3 is 2.84 bits per heavy atom. The van der Waals surface area contributed by atoms with E-state index in [1.807, 2.05) is 0 Å². The van der Waals surface area contributed by atoms with Crippen molar-refractivity contribution in [1.29, 1.82) is 0 Å². The van der Waals surface area contributed by atoms with Crippen molar-refractivity contribution in [3.05, 3.63) is 75.7 Å². The highest BCUT2D eigenvalue weighted by Gasteiger charge is 2.20. The van der Waals surface area contributed by atoms with Gasteiger partial charge in [0.2, 0.25) is 5.95 Å². The van der Waals surface area contributed by atoms with Crippen molar-refractivity contribution in [2.75, 3.05) is 18.5 Å². The van der Waals surface area contributed by atoms with E-state index in [1.165, 1.54) is 30.5 Å². The summed E-state index contributed by atoms with van der Waals surface area (Å²) in [6.07, 6.45) is 2.78. The molecule has 5 rings (SSSR count). The van der Waals surface area contributed by atoms with E-state index in [0.717, 1.165) is 0 Å². The summed E-state index contributed by atoms with van der Waals surface area (Å²) in [6.45, 7) is 0.892. The summed E-state index contributed by atoms with van der Waals surface area (Å²) < 4.78 is 19.7. The predicted molar refractivity (Wildman–Crippen MR) is 115 cm³/mol. The lowest BCUT2D eigenvalue weighted by atomic mass is 10.1. The lowest BCUT2D eigenvalue weighted by molar-refractivity contribution is -0.384. The number of nitrogens with one attached hydrogen (secondary N) is 2. The molecule has 0 unspecified atom stereocenters. The minimum absolute atomic E-state index is 0.102. The van der Waals surface area contributed by atoms with Crippen LogP contribution in [0.5, 0.6) is 0 Å². The Morgan fingerprint density at radius 1 is 1.12 bits per heavy atom. The van der Waals surface area contributed by atoms with E-state index in [0.29, 0.717) is 42.9 Å². The van der Waals surface area contributed by atoms with Gasteiger partial charge in [-0.15, -0.1) is 0 Å². The first-order valence-electron chi connectivity index (χ1n) is 10.0. The number of amides is 1. The fraction of sp³-hybridized carbons (Fsp3) is 0.227. The molecule has 0 fully saturated rings. The van der Waals surface area contributed by atoms with Crippen LogP contribution in [0.3, 0.4) is 0 Å². The lowest BCUT2D eigenvalue weighted by Gasteiger charge is -2.10. The van der Waals surface area contributed by atoms with Crippen LogP contribution in [-0.2, 0) is 11.3 Å². The standard InChI is InChI=1S/C22H20FN5O4/c23-18-6-4-16-11-15(18)13-32-10-2-1-8-24-21(29)14-3-5-17(20(12-14)28(30)31)19-7-9-25-22(26-16)27-19/h3-7,9,11-12H,1-2,8,10,13H2,(H,24,29)(H,25,26,27). The molecule has 3 heterocycles. The highest BCUT2D eigenvalue weighted by Crippen LogP contribution is 2.30. The van der Waals surface area contributed by atoms with Gasteiger partial charge in [-0.3, -0.25) is 14.9 Å². The second-order valence-electron chi connectivity index (χ2n) is 7.20. The van der Waals surface area contributed by atoms with Crippen molar-refractivity contribution in [3.8, 4) is 11.3 Å². The number of aromatic nitrogens is 2. The number of nitro groups is 1. The van der Waals surface area contributed by atoms with E-state index in [9.17, 15) is 19.3 Å². The van der Waals surface area contributed by atoms with Gasteiger partial charge in [-0.2, -0.15) is 0 Å². The highest BCUT2D eigenvalue weighted by atomic mass is 19.1. The Hall–Kier alpha value is -3.92. The third-order valence-electron chi connectivity index (χ3n) is 4.95. The smallest absolute Gasteiger partial charge is 0.279 e. The van der Waals surface area contributed by atoms with Crippen LogP contribution in [0.25, 0.3) is 11.3 Å². The van der Waals surface area contributed by atoms with E-state index in [1.54, 1.807) is 18.2 Å². The molecule has 0 saturated carbocycles. The largest absolute Gasteiger partial charge is 0.377 e. The van der Waals surface area contributed by atoms with E-state index < -0.39 is 10.8 Å². The number of benzene rings is 2. The molecule has 1 aromatic heterocycles. The molecule has 2 aromatic carbocycles. The fourth-order valence-corrected chi connectivity index (χ4v) is 3.32. The van der Waals surface area contributed by atoms with Crippen molar-refractivity contribution in [1.82, 2.24) is 15.3 Å². The molecule has 1 amide bonds. The number of anilines is 2. The summed E-state index contributed by atoms with van der Waals surface area (Å²) in [7, 11) is 0. The fourth-order valence-electron chi connectivity index (χ4n) is 3.32. The van der Waals surface area contributed by atoms with E-state index in [-0.39, 0.29) is 35.2 Å². The first-order chi connectivity index (χ1) is 15.5. The summed E-state index contributed by atoms with van der Waals surface area (Å²) in [5.74, 6) is -0.601. The van der Waals surface area contributed by atoms with Gasteiger partial charge in [0.1, 0.15) is 5.82 Å². The Labute approximate surface area is 182 Å². The van der Waals surface area contributed by atoms with Crippen molar-refractivity contribution in [3.63, 3.8) is 0 Å². The molecule has 2 aliphatic rings. The Kier molecular flexibility index (Phi) is 6.31. The Bertz CT molecular complexity index is 1170.